The van der Waals surface area contributed by atoms with Crippen molar-refractivity contribution in [3.8, 4) is 5.75 Å². The van der Waals surface area contributed by atoms with E-state index in [4.69, 9.17) is 4.74 Å². The number of piperidine rings is 2. The molecule has 2 fully saturated rings. The third-order valence-electron chi connectivity index (χ3n) is 7.54. The second-order valence-electron chi connectivity index (χ2n) is 10.3. The van der Waals surface area contributed by atoms with E-state index in [2.05, 4.69) is 20.6 Å². The van der Waals surface area contributed by atoms with E-state index in [1.807, 2.05) is 24.3 Å². The van der Waals surface area contributed by atoms with E-state index in [0.29, 0.717) is 58.4 Å². The number of hydrogen-bond acceptors (Lipinski definition) is 7. The van der Waals surface area contributed by atoms with E-state index in [1.54, 1.807) is 16.9 Å². The van der Waals surface area contributed by atoms with Crippen LogP contribution in [0.5, 0.6) is 5.75 Å². The van der Waals surface area contributed by atoms with Gasteiger partial charge in [-0.15, -0.1) is 0 Å². The fraction of sp³-hybridized carbons (Fsp3) is 0.536. The number of carbonyl (C=O) groups is 3. The van der Waals surface area contributed by atoms with Crippen LogP contribution in [0.2, 0.25) is 0 Å². The molecule has 0 unspecified atom stereocenters. The summed E-state index contributed by atoms with van der Waals surface area (Å²) in [5, 5.41) is 5.78. The number of nitrogens with zero attached hydrogens (tertiary/aromatic N) is 4. The van der Waals surface area contributed by atoms with Crippen LogP contribution >= 0.6 is 0 Å². The lowest BCUT2D eigenvalue weighted by atomic mass is 9.95. The molecule has 41 heavy (non-hydrogen) atoms. The normalized spacial score (nSPS) is 16.8. The van der Waals surface area contributed by atoms with Gasteiger partial charge in [-0.05, 0) is 49.4 Å². The molecule has 2 aromatic rings. The molecule has 10 nitrogen and oxygen atoms in total. The van der Waals surface area contributed by atoms with E-state index < -0.39 is 11.9 Å². The second-order valence-corrected chi connectivity index (χ2v) is 10.3. The number of anilines is 1. The molecular weight excluding hydrogens is 541 g/mol. The highest BCUT2D eigenvalue weighted by Crippen LogP contribution is 2.29. The standard InChI is InChI=1S/C28H35F3N6O4/c1-41-22-4-2-3-19(17-22)18-34-26(40)21-7-13-36(14-8-21)24(38)6-12-32-25(39)20-9-15-37(16-10-20)27-33-11-5-23(35-27)28(29,30)31/h2-5,11,17,20-21H,6-10,12-16,18H2,1H3,(H,32,39)(H,34,40). The fourth-order valence-corrected chi connectivity index (χ4v) is 5.10. The molecule has 0 atom stereocenters. The molecule has 13 heteroatoms. The van der Waals surface area contributed by atoms with Gasteiger partial charge in [0.05, 0.1) is 7.11 Å². The Morgan fingerprint density at radius 2 is 1.63 bits per heavy atom. The largest absolute Gasteiger partial charge is 0.497 e. The second kappa shape index (κ2) is 13.6. The molecule has 1 aromatic heterocycles. The first kappa shape index (κ1) is 30.1. The summed E-state index contributed by atoms with van der Waals surface area (Å²) < 4.78 is 44.0. The van der Waals surface area contributed by atoms with Crippen molar-refractivity contribution in [2.45, 2.75) is 44.8 Å². The minimum Gasteiger partial charge on any atom is -0.497 e. The fourth-order valence-electron chi connectivity index (χ4n) is 5.10. The predicted molar refractivity (Wildman–Crippen MR) is 144 cm³/mol. The molecule has 0 bridgehead atoms. The lowest BCUT2D eigenvalue weighted by molar-refractivity contribution is -0.141. The topological polar surface area (TPSA) is 117 Å². The molecule has 0 saturated carbocycles. The van der Waals surface area contributed by atoms with Gasteiger partial charge in [-0.3, -0.25) is 14.4 Å². The zero-order valence-corrected chi connectivity index (χ0v) is 23.0. The Morgan fingerprint density at radius 3 is 2.29 bits per heavy atom. The zero-order valence-electron chi connectivity index (χ0n) is 23.0. The number of ether oxygens (including phenoxy) is 1. The maximum absolute atomic E-state index is 12.9. The summed E-state index contributed by atoms with van der Waals surface area (Å²) in [6, 6.07) is 8.33. The van der Waals surface area contributed by atoms with Crippen LogP contribution in [0.1, 0.15) is 43.4 Å². The monoisotopic (exact) mass is 576 g/mol. The van der Waals surface area contributed by atoms with E-state index in [9.17, 15) is 27.6 Å². The van der Waals surface area contributed by atoms with Crippen LogP contribution in [0.3, 0.4) is 0 Å². The number of carbonyl (C=O) groups excluding carboxylic acids is 3. The summed E-state index contributed by atoms with van der Waals surface area (Å²) in [6.07, 6.45) is -1.24. The molecule has 2 N–H and O–H groups in total. The smallest absolute Gasteiger partial charge is 0.433 e. The van der Waals surface area contributed by atoms with Crippen LogP contribution in [0.15, 0.2) is 36.5 Å². The van der Waals surface area contributed by atoms with Gasteiger partial charge in [-0.1, -0.05) is 12.1 Å². The summed E-state index contributed by atoms with van der Waals surface area (Å²) >= 11 is 0. The first-order valence-electron chi connectivity index (χ1n) is 13.8. The number of benzene rings is 1. The van der Waals surface area contributed by atoms with E-state index >= 15 is 0 Å². The molecule has 0 radical (unpaired) electrons. The molecule has 2 saturated heterocycles. The van der Waals surface area contributed by atoms with Crippen molar-refractivity contribution in [1.29, 1.82) is 0 Å². The van der Waals surface area contributed by atoms with Crippen LogP contribution in [0.4, 0.5) is 19.1 Å². The Hall–Kier alpha value is -3.90. The van der Waals surface area contributed by atoms with Crippen molar-refractivity contribution in [1.82, 2.24) is 25.5 Å². The Bertz CT molecular complexity index is 1210. The Morgan fingerprint density at radius 1 is 0.976 bits per heavy atom. The highest BCUT2D eigenvalue weighted by molar-refractivity contribution is 5.81. The Labute approximate surface area is 236 Å². The molecular formula is C28H35F3N6O4. The van der Waals surface area contributed by atoms with Crippen molar-refractivity contribution in [2.75, 3.05) is 44.7 Å². The average molecular weight is 577 g/mol. The molecule has 222 valence electrons. The van der Waals surface area contributed by atoms with Crippen LogP contribution < -0.4 is 20.3 Å². The van der Waals surface area contributed by atoms with Gasteiger partial charge in [0.2, 0.25) is 23.7 Å². The van der Waals surface area contributed by atoms with Gasteiger partial charge in [0.1, 0.15) is 11.4 Å². The molecule has 2 aliphatic rings. The number of likely N-dealkylation sites (tertiary alicyclic amines) is 1. The summed E-state index contributed by atoms with van der Waals surface area (Å²) in [6.45, 7) is 2.31. The SMILES string of the molecule is COc1cccc(CNC(=O)C2CCN(C(=O)CCNC(=O)C3CCN(c4nccc(C(F)(F)F)n4)CC3)CC2)c1. The summed E-state index contributed by atoms with van der Waals surface area (Å²) in [5.41, 5.74) is -0.0494. The third-order valence-corrected chi connectivity index (χ3v) is 7.54. The van der Waals surface area contributed by atoms with Crippen molar-refractivity contribution in [3.05, 3.63) is 47.8 Å². The highest BCUT2D eigenvalue weighted by atomic mass is 19.4. The van der Waals surface area contributed by atoms with Gasteiger partial charge in [0.15, 0.2) is 0 Å². The quantitative estimate of drug-likeness (QED) is 0.472. The molecule has 0 aliphatic carbocycles. The van der Waals surface area contributed by atoms with Gasteiger partial charge in [0, 0.05) is 63.7 Å². The van der Waals surface area contributed by atoms with Gasteiger partial charge < -0.3 is 25.2 Å². The molecule has 3 heterocycles. The number of amides is 3. The summed E-state index contributed by atoms with van der Waals surface area (Å²) in [7, 11) is 1.59. The molecule has 3 amide bonds. The minimum atomic E-state index is -4.55. The average Bonchev–Trinajstić information content (AvgIpc) is 2.99. The number of methoxy groups -OCH3 is 1. The first-order valence-corrected chi connectivity index (χ1v) is 13.8. The van der Waals surface area contributed by atoms with Crippen LogP contribution in [-0.4, -0.2) is 72.4 Å². The maximum atomic E-state index is 12.9. The summed E-state index contributed by atoms with van der Waals surface area (Å²) in [4.78, 5) is 48.8. The van der Waals surface area contributed by atoms with Gasteiger partial charge in [-0.25, -0.2) is 9.97 Å². The molecule has 0 spiro atoms. The van der Waals surface area contributed by atoms with Crippen LogP contribution in [0.25, 0.3) is 0 Å². The first-order chi connectivity index (χ1) is 19.6. The predicted octanol–water partition coefficient (Wildman–Crippen LogP) is 2.78. The minimum absolute atomic E-state index is 0.00222. The van der Waals surface area contributed by atoms with Crippen LogP contribution in [0, 0.1) is 11.8 Å². The molecule has 4 rings (SSSR count). The van der Waals surface area contributed by atoms with Crippen molar-refractivity contribution < 1.29 is 32.3 Å². The van der Waals surface area contributed by atoms with Crippen molar-refractivity contribution in [3.63, 3.8) is 0 Å². The number of hydrogen-bond donors (Lipinski definition) is 2. The number of aromatic nitrogens is 2. The zero-order chi connectivity index (χ0) is 29.4. The van der Waals surface area contributed by atoms with Gasteiger partial charge in [-0.2, -0.15) is 13.2 Å². The van der Waals surface area contributed by atoms with Gasteiger partial charge >= 0.3 is 6.18 Å². The maximum Gasteiger partial charge on any atom is 0.433 e. The van der Waals surface area contributed by atoms with E-state index in [-0.39, 0.29) is 48.5 Å². The Kier molecular flexibility index (Phi) is 10.0. The number of nitrogens with one attached hydrogen (secondary N) is 2. The summed E-state index contributed by atoms with van der Waals surface area (Å²) in [5.74, 6) is 0.00958. The molecule has 1 aromatic carbocycles. The van der Waals surface area contributed by atoms with E-state index in [1.165, 1.54) is 0 Å². The lowest BCUT2D eigenvalue weighted by Gasteiger charge is -2.32. The highest BCUT2D eigenvalue weighted by Gasteiger charge is 2.34. The van der Waals surface area contributed by atoms with Crippen LogP contribution in [-0.2, 0) is 27.1 Å². The molecule has 2 aliphatic heterocycles. The van der Waals surface area contributed by atoms with E-state index in [0.717, 1.165) is 23.6 Å². The number of rotatable bonds is 9. The van der Waals surface area contributed by atoms with Gasteiger partial charge in [0.25, 0.3) is 0 Å². The Balaban J connectivity index is 1.12. The number of halogens is 3. The number of alkyl halides is 3. The van der Waals surface area contributed by atoms with Crippen molar-refractivity contribution >= 4 is 23.7 Å². The van der Waals surface area contributed by atoms with Crippen molar-refractivity contribution in [2.24, 2.45) is 11.8 Å². The lowest BCUT2D eigenvalue weighted by Crippen LogP contribution is -2.44. The third kappa shape index (κ3) is 8.30.